The Morgan fingerprint density at radius 2 is 1.86 bits per heavy atom. The van der Waals surface area contributed by atoms with Gasteiger partial charge < -0.3 is 4.74 Å². The van der Waals surface area contributed by atoms with Crippen LogP contribution in [0.4, 0.5) is 5.69 Å². The molecule has 1 N–H and O–H groups in total. The molecule has 4 aromatic rings. The molecule has 0 saturated carbocycles. The first-order chi connectivity index (χ1) is 16.5. The second-order valence-corrected chi connectivity index (χ2v) is 17.2. The van der Waals surface area contributed by atoms with Gasteiger partial charge in [0.1, 0.15) is 12.2 Å². The van der Waals surface area contributed by atoms with Crippen LogP contribution in [0.2, 0.25) is 30.8 Å². The van der Waals surface area contributed by atoms with E-state index in [9.17, 15) is 8.42 Å². The van der Waals surface area contributed by atoms with E-state index in [0.29, 0.717) is 24.4 Å². The highest BCUT2D eigenvalue weighted by Crippen LogP contribution is 2.31. The molecule has 1 aromatic carbocycles. The average molecular weight is 530 g/mol. The van der Waals surface area contributed by atoms with Crippen LogP contribution >= 0.6 is 11.6 Å². The number of halogens is 1. The van der Waals surface area contributed by atoms with Crippen molar-refractivity contribution in [1.29, 1.82) is 0 Å². The lowest BCUT2D eigenvalue weighted by Crippen LogP contribution is -2.22. The van der Waals surface area contributed by atoms with E-state index < -0.39 is 18.1 Å². The van der Waals surface area contributed by atoms with Crippen LogP contribution < -0.4 is 4.72 Å². The summed E-state index contributed by atoms with van der Waals surface area (Å²) in [5, 5.41) is 0.0553. The van der Waals surface area contributed by atoms with Crippen LogP contribution in [0.25, 0.3) is 22.3 Å². The minimum Gasteiger partial charge on any atom is -0.361 e. The Balaban J connectivity index is 1.59. The fourth-order valence-corrected chi connectivity index (χ4v) is 5.51. The number of aromatic nitrogens is 4. The smallest absolute Gasteiger partial charge is 0.261 e. The topological polar surface area (TPSA) is 99.0 Å². The third-order valence-electron chi connectivity index (χ3n) is 5.46. The Kier molecular flexibility index (Phi) is 7.27. The third kappa shape index (κ3) is 6.07. The fourth-order valence-electron chi connectivity index (χ4n) is 3.47. The molecule has 0 saturated heterocycles. The van der Waals surface area contributed by atoms with E-state index >= 15 is 0 Å². The maximum atomic E-state index is 12.8. The number of benzene rings is 1. The first-order valence-electron chi connectivity index (χ1n) is 11.2. The molecule has 3 aromatic heterocycles. The predicted octanol–water partition coefficient (Wildman–Crippen LogP) is 5.57. The van der Waals surface area contributed by atoms with Gasteiger partial charge in [-0.1, -0.05) is 49.4 Å². The van der Waals surface area contributed by atoms with Crippen LogP contribution in [0.3, 0.4) is 0 Å². The summed E-state index contributed by atoms with van der Waals surface area (Å²) in [6, 6.07) is 12.8. The summed E-state index contributed by atoms with van der Waals surface area (Å²) in [6.45, 7) is 9.95. The number of aryl methyl sites for hydroxylation is 1. The summed E-state index contributed by atoms with van der Waals surface area (Å²) >= 11 is 6.22. The maximum absolute atomic E-state index is 12.8. The highest BCUT2D eigenvalue weighted by molar-refractivity contribution is 7.92. The number of rotatable bonds is 9. The highest BCUT2D eigenvalue weighted by Gasteiger charge is 2.18. The van der Waals surface area contributed by atoms with Crippen molar-refractivity contribution in [1.82, 2.24) is 19.5 Å². The van der Waals surface area contributed by atoms with Crippen LogP contribution in [0, 0.1) is 6.92 Å². The molecule has 0 radical (unpaired) electrons. The zero-order chi connectivity index (χ0) is 25.2. The average Bonchev–Trinajstić information content (AvgIpc) is 3.19. The van der Waals surface area contributed by atoms with Crippen LogP contribution in [0.15, 0.2) is 59.9 Å². The lowest BCUT2D eigenvalue weighted by atomic mass is 10.1. The van der Waals surface area contributed by atoms with Crippen molar-refractivity contribution in [2.24, 2.45) is 0 Å². The Bertz CT molecular complexity index is 1450. The summed E-state index contributed by atoms with van der Waals surface area (Å²) < 4.78 is 35.8. The molecule has 0 aliphatic carbocycles. The minimum atomic E-state index is -3.81. The number of anilines is 1. The molecule has 4 rings (SSSR count). The van der Waals surface area contributed by atoms with Crippen molar-refractivity contribution in [2.45, 2.75) is 44.2 Å². The number of sulfonamides is 1. The fraction of sp³-hybridized carbons (Fsp3) is 0.292. The maximum Gasteiger partial charge on any atom is 0.261 e. The number of ether oxygens (including phenoxy) is 1. The molecule has 0 amide bonds. The monoisotopic (exact) mass is 529 g/mol. The number of nitrogens with zero attached hydrogens (tertiary/aromatic N) is 4. The number of hydrogen-bond acceptors (Lipinski definition) is 6. The predicted molar refractivity (Wildman–Crippen MR) is 142 cm³/mol. The van der Waals surface area contributed by atoms with E-state index in [1.54, 1.807) is 36.8 Å². The summed E-state index contributed by atoms with van der Waals surface area (Å²) in [4.78, 5) is 13.6. The standard InChI is InChI=1S/C24H28ClN5O3SSi/c1-17-20(13-22-24(28-17)30(15-27-22)16-33-10-11-35(2,3)4)18-12-21(23(25)26-14-18)29-34(31,32)19-8-6-5-7-9-19/h5-9,12-15,29H,10-11,16H2,1-4H3. The van der Waals surface area contributed by atoms with Gasteiger partial charge in [0.15, 0.2) is 10.8 Å². The second kappa shape index (κ2) is 10.1. The largest absolute Gasteiger partial charge is 0.361 e. The van der Waals surface area contributed by atoms with E-state index in [1.165, 1.54) is 12.1 Å². The summed E-state index contributed by atoms with van der Waals surface area (Å²) in [6.07, 6.45) is 3.31. The van der Waals surface area contributed by atoms with E-state index in [0.717, 1.165) is 22.9 Å². The zero-order valence-corrected chi connectivity index (χ0v) is 22.7. The summed E-state index contributed by atoms with van der Waals surface area (Å²) in [7, 11) is -4.97. The third-order valence-corrected chi connectivity index (χ3v) is 8.84. The lowest BCUT2D eigenvalue weighted by molar-refractivity contribution is 0.0895. The van der Waals surface area contributed by atoms with Crippen LogP contribution in [0.1, 0.15) is 5.69 Å². The van der Waals surface area contributed by atoms with Crippen molar-refractivity contribution in [3.63, 3.8) is 0 Å². The van der Waals surface area contributed by atoms with E-state index in [4.69, 9.17) is 21.3 Å². The molecular weight excluding hydrogens is 502 g/mol. The van der Waals surface area contributed by atoms with Crippen molar-refractivity contribution in [3.8, 4) is 11.1 Å². The summed E-state index contributed by atoms with van der Waals surface area (Å²) in [5.74, 6) is 0. The first kappa shape index (κ1) is 25.3. The molecule has 0 aliphatic heterocycles. The number of hydrogen-bond donors (Lipinski definition) is 1. The van der Waals surface area contributed by atoms with Gasteiger partial charge in [-0.25, -0.2) is 23.4 Å². The molecule has 8 nitrogen and oxygen atoms in total. The van der Waals surface area contributed by atoms with Gasteiger partial charge in [-0.3, -0.25) is 9.29 Å². The summed E-state index contributed by atoms with van der Waals surface area (Å²) in [5.41, 5.74) is 3.84. The lowest BCUT2D eigenvalue weighted by Gasteiger charge is -2.15. The molecule has 0 aliphatic rings. The second-order valence-electron chi connectivity index (χ2n) is 9.51. The van der Waals surface area contributed by atoms with Crippen molar-refractivity contribution in [3.05, 3.63) is 65.8 Å². The molecule has 0 bridgehead atoms. The van der Waals surface area contributed by atoms with Crippen LogP contribution in [-0.4, -0.2) is 42.6 Å². The van der Waals surface area contributed by atoms with Crippen molar-refractivity contribution in [2.75, 3.05) is 11.3 Å². The molecule has 35 heavy (non-hydrogen) atoms. The quantitative estimate of drug-likeness (QED) is 0.173. The molecular formula is C24H28ClN5O3SSi. The van der Waals surface area contributed by atoms with Gasteiger partial charge in [0.05, 0.1) is 16.9 Å². The van der Waals surface area contributed by atoms with Gasteiger partial charge in [0.25, 0.3) is 10.0 Å². The number of fused-ring (bicyclic) bond motifs is 1. The normalized spacial score (nSPS) is 12.3. The van der Waals surface area contributed by atoms with Gasteiger partial charge in [0.2, 0.25) is 0 Å². The van der Waals surface area contributed by atoms with E-state index in [1.807, 2.05) is 17.6 Å². The van der Waals surface area contributed by atoms with Gasteiger partial charge in [0, 0.05) is 37.7 Å². The van der Waals surface area contributed by atoms with Crippen molar-refractivity contribution >= 4 is 46.5 Å². The number of pyridine rings is 2. The van der Waals surface area contributed by atoms with Crippen molar-refractivity contribution < 1.29 is 13.2 Å². The Morgan fingerprint density at radius 1 is 1.11 bits per heavy atom. The molecule has 0 fully saturated rings. The molecule has 11 heteroatoms. The molecule has 3 heterocycles. The first-order valence-corrected chi connectivity index (χ1v) is 16.7. The minimum absolute atomic E-state index is 0.0553. The van der Waals surface area contributed by atoms with Gasteiger partial charge >= 0.3 is 0 Å². The highest BCUT2D eigenvalue weighted by atomic mass is 35.5. The zero-order valence-electron chi connectivity index (χ0n) is 20.1. The van der Waals surface area contributed by atoms with Crippen LogP contribution in [0.5, 0.6) is 0 Å². The van der Waals surface area contributed by atoms with E-state index in [-0.39, 0.29) is 15.7 Å². The van der Waals surface area contributed by atoms with Gasteiger partial charge in [-0.2, -0.15) is 0 Å². The SMILES string of the molecule is Cc1nc2c(cc1-c1cnc(Cl)c(NS(=O)(=O)c3ccccc3)c1)ncn2COCC[Si](C)(C)C. The van der Waals surface area contributed by atoms with E-state index in [2.05, 4.69) is 34.3 Å². The van der Waals surface area contributed by atoms with Gasteiger partial charge in [-0.15, -0.1) is 0 Å². The number of nitrogens with one attached hydrogen (secondary N) is 1. The van der Waals surface area contributed by atoms with Crippen LogP contribution in [-0.2, 0) is 21.5 Å². The van der Waals surface area contributed by atoms with Gasteiger partial charge in [-0.05, 0) is 37.2 Å². The molecule has 0 spiro atoms. The Labute approximate surface area is 211 Å². The molecule has 0 unspecified atom stereocenters. The molecule has 184 valence electrons. The molecule has 0 atom stereocenters. The Morgan fingerprint density at radius 3 is 2.57 bits per heavy atom. The number of imidazole rings is 1. The Hall–Kier alpha value is -2.79.